The summed E-state index contributed by atoms with van der Waals surface area (Å²) in [4.78, 5) is 0. The van der Waals surface area contributed by atoms with Gasteiger partial charge in [0.05, 0.1) is 17.9 Å². The van der Waals surface area contributed by atoms with E-state index in [1.807, 2.05) is 6.20 Å². The Morgan fingerprint density at radius 1 is 0.839 bits per heavy atom. The van der Waals surface area contributed by atoms with Gasteiger partial charge in [0, 0.05) is 6.20 Å². The fraction of sp³-hybridized carbons (Fsp3) is 0.179. The van der Waals surface area contributed by atoms with Crippen LogP contribution in [-0.2, 0) is 12.8 Å². The molecule has 0 spiro atoms. The van der Waals surface area contributed by atoms with E-state index in [1.165, 1.54) is 38.2 Å². The van der Waals surface area contributed by atoms with Crippen molar-refractivity contribution >= 4 is 27.2 Å². The third-order valence-electron chi connectivity index (χ3n) is 6.88. The summed E-state index contributed by atoms with van der Waals surface area (Å²) in [6.45, 7) is 0. The van der Waals surface area contributed by atoms with Gasteiger partial charge in [-0.15, -0.1) is 0 Å². The van der Waals surface area contributed by atoms with Gasteiger partial charge in [-0.1, -0.05) is 78.9 Å². The van der Waals surface area contributed by atoms with Crippen LogP contribution in [0.4, 0.5) is 5.69 Å². The van der Waals surface area contributed by atoms with Gasteiger partial charge in [-0.05, 0) is 63.4 Å². The lowest BCUT2D eigenvalue weighted by atomic mass is 9.76. The van der Waals surface area contributed by atoms with E-state index in [1.54, 1.807) is 6.20 Å². The number of aryl methyl sites for hydroxylation is 1. The molecule has 1 heterocycles. The van der Waals surface area contributed by atoms with Crippen LogP contribution in [0.5, 0.6) is 0 Å². The van der Waals surface area contributed by atoms with E-state index in [4.69, 9.17) is 5.73 Å². The van der Waals surface area contributed by atoms with Gasteiger partial charge in [-0.25, -0.2) is 0 Å². The molecule has 3 nitrogen and oxygen atoms in total. The summed E-state index contributed by atoms with van der Waals surface area (Å²) in [7, 11) is 0. The number of aromatic nitrogens is 2. The molecule has 5 aromatic rings. The van der Waals surface area contributed by atoms with Gasteiger partial charge in [0.15, 0.2) is 0 Å². The monoisotopic (exact) mass is 403 g/mol. The van der Waals surface area contributed by atoms with Crippen LogP contribution in [0.25, 0.3) is 21.5 Å². The molecule has 1 aliphatic carbocycles. The zero-order valence-corrected chi connectivity index (χ0v) is 17.4. The molecule has 0 saturated heterocycles. The van der Waals surface area contributed by atoms with Crippen LogP contribution in [0.15, 0.2) is 91.3 Å². The first-order valence-corrected chi connectivity index (χ1v) is 11.0. The summed E-state index contributed by atoms with van der Waals surface area (Å²) in [5, 5.41) is 10.0. The smallest absolute Gasteiger partial charge is 0.0800 e. The van der Waals surface area contributed by atoms with Crippen LogP contribution >= 0.6 is 0 Å². The Morgan fingerprint density at radius 2 is 1.65 bits per heavy atom. The van der Waals surface area contributed by atoms with E-state index in [2.05, 4.69) is 88.6 Å². The Morgan fingerprint density at radius 3 is 2.48 bits per heavy atom. The fourth-order valence-electron chi connectivity index (χ4n) is 5.44. The highest BCUT2D eigenvalue weighted by atomic mass is 15.3. The van der Waals surface area contributed by atoms with Gasteiger partial charge >= 0.3 is 0 Å². The van der Waals surface area contributed by atoms with E-state index >= 15 is 0 Å². The minimum atomic E-state index is 0.183. The van der Waals surface area contributed by atoms with Crippen molar-refractivity contribution in [1.29, 1.82) is 0 Å². The van der Waals surface area contributed by atoms with E-state index in [-0.39, 0.29) is 6.04 Å². The van der Waals surface area contributed by atoms with Crippen molar-refractivity contribution < 1.29 is 0 Å². The molecule has 1 aromatic heterocycles. The van der Waals surface area contributed by atoms with Gasteiger partial charge in [-0.3, -0.25) is 4.68 Å². The number of hydrogen-bond donors (Lipinski definition) is 1. The van der Waals surface area contributed by atoms with Crippen molar-refractivity contribution in [2.75, 3.05) is 5.73 Å². The SMILES string of the molecule is Nc1cnn(C(c2ccccc2)C2CCc3ccc4c(ccc5ccccc54)c3C2)c1. The van der Waals surface area contributed by atoms with Crippen molar-refractivity contribution in [3.8, 4) is 0 Å². The lowest BCUT2D eigenvalue weighted by molar-refractivity contribution is 0.319. The number of nitrogens with zero attached hydrogens (tertiary/aromatic N) is 2. The lowest BCUT2D eigenvalue weighted by Crippen LogP contribution is -2.27. The van der Waals surface area contributed by atoms with Crippen molar-refractivity contribution in [3.05, 3.63) is 108 Å². The molecule has 0 fully saturated rings. The third kappa shape index (κ3) is 3.09. The quantitative estimate of drug-likeness (QED) is 0.366. The van der Waals surface area contributed by atoms with Crippen LogP contribution in [0, 0.1) is 5.92 Å². The Hall–Kier alpha value is -3.59. The molecule has 0 saturated carbocycles. The molecule has 0 aliphatic heterocycles. The molecule has 1 aliphatic rings. The maximum atomic E-state index is 6.04. The first-order chi connectivity index (χ1) is 15.3. The highest BCUT2D eigenvalue weighted by Crippen LogP contribution is 2.40. The molecular formula is C28H25N3. The standard InChI is InChI=1S/C28H25N3/c29-23-17-30-31(18-23)28(21-7-2-1-3-8-21)22-11-10-20-13-14-25-24-9-5-4-6-19(24)12-15-26(25)27(20)16-22/h1-9,12-15,17-18,22,28H,10-11,16,29H2. The molecule has 152 valence electrons. The highest BCUT2D eigenvalue weighted by molar-refractivity contribution is 6.08. The minimum absolute atomic E-state index is 0.183. The molecule has 2 N–H and O–H groups in total. The molecular weight excluding hydrogens is 378 g/mol. The zero-order chi connectivity index (χ0) is 20.8. The van der Waals surface area contributed by atoms with Gasteiger partial charge in [-0.2, -0.15) is 5.10 Å². The maximum Gasteiger partial charge on any atom is 0.0800 e. The molecule has 2 atom stereocenters. The molecule has 4 aromatic carbocycles. The van der Waals surface area contributed by atoms with E-state index in [0.717, 1.165) is 19.3 Å². The van der Waals surface area contributed by atoms with Crippen molar-refractivity contribution in [1.82, 2.24) is 9.78 Å². The van der Waals surface area contributed by atoms with Gasteiger partial charge in [0.2, 0.25) is 0 Å². The van der Waals surface area contributed by atoms with E-state index in [9.17, 15) is 0 Å². The average Bonchev–Trinajstić information content (AvgIpc) is 3.25. The summed E-state index contributed by atoms with van der Waals surface area (Å²) in [5.41, 5.74) is 11.0. The van der Waals surface area contributed by atoms with E-state index in [0.29, 0.717) is 11.6 Å². The molecule has 6 rings (SSSR count). The number of fused-ring (bicyclic) bond motifs is 5. The predicted octanol–water partition coefficient (Wildman–Crippen LogP) is 6.17. The first kappa shape index (κ1) is 18.2. The molecule has 0 radical (unpaired) electrons. The second-order valence-electron chi connectivity index (χ2n) is 8.70. The van der Waals surface area contributed by atoms with Crippen molar-refractivity contribution in [2.24, 2.45) is 5.92 Å². The number of nitrogens with two attached hydrogens (primary N) is 1. The first-order valence-electron chi connectivity index (χ1n) is 11.0. The fourth-order valence-corrected chi connectivity index (χ4v) is 5.44. The average molecular weight is 404 g/mol. The summed E-state index contributed by atoms with van der Waals surface area (Å²) >= 11 is 0. The summed E-state index contributed by atoms with van der Waals surface area (Å²) in [6.07, 6.45) is 7.02. The van der Waals surface area contributed by atoms with Gasteiger partial charge in [0.1, 0.15) is 0 Å². The Kier molecular flexibility index (Phi) is 4.27. The number of anilines is 1. The summed E-state index contributed by atoms with van der Waals surface area (Å²) in [5.74, 6) is 0.464. The Labute approximate surface area is 182 Å². The topological polar surface area (TPSA) is 43.8 Å². The normalized spacial score (nSPS) is 17.0. The second-order valence-corrected chi connectivity index (χ2v) is 8.70. The number of nitrogen functional groups attached to an aromatic ring is 1. The molecule has 2 unspecified atom stereocenters. The molecule has 0 amide bonds. The third-order valence-corrected chi connectivity index (χ3v) is 6.88. The zero-order valence-electron chi connectivity index (χ0n) is 17.4. The number of rotatable bonds is 3. The van der Waals surface area contributed by atoms with Gasteiger partial charge in [0.25, 0.3) is 0 Å². The Balaban J connectivity index is 1.48. The maximum absolute atomic E-state index is 6.04. The summed E-state index contributed by atoms with van der Waals surface area (Å²) in [6, 6.07) is 28.9. The van der Waals surface area contributed by atoms with Crippen LogP contribution in [0.3, 0.4) is 0 Å². The number of hydrogen-bond acceptors (Lipinski definition) is 2. The van der Waals surface area contributed by atoms with Crippen LogP contribution in [-0.4, -0.2) is 9.78 Å². The van der Waals surface area contributed by atoms with Crippen molar-refractivity contribution in [3.63, 3.8) is 0 Å². The Bertz CT molecular complexity index is 1380. The lowest BCUT2D eigenvalue weighted by Gasteiger charge is -2.33. The number of benzene rings is 4. The predicted molar refractivity (Wildman–Crippen MR) is 128 cm³/mol. The molecule has 0 bridgehead atoms. The van der Waals surface area contributed by atoms with Gasteiger partial charge < -0.3 is 5.73 Å². The van der Waals surface area contributed by atoms with Crippen LogP contribution < -0.4 is 5.73 Å². The largest absolute Gasteiger partial charge is 0.396 e. The summed E-state index contributed by atoms with van der Waals surface area (Å²) < 4.78 is 2.07. The van der Waals surface area contributed by atoms with Crippen LogP contribution in [0.2, 0.25) is 0 Å². The van der Waals surface area contributed by atoms with Crippen molar-refractivity contribution in [2.45, 2.75) is 25.3 Å². The highest BCUT2D eigenvalue weighted by Gasteiger charge is 2.30. The second kappa shape index (κ2) is 7.28. The molecule has 3 heteroatoms. The minimum Gasteiger partial charge on any atom is -0.396 e. The molecule has 31 heavy (non-hydrogen) atoms. The van der Waals surface area contributed by atoms with E-state index < -0.39 is 0 Å². The van der Waals surface area contributed by atoms with Crippen LogP contribution in [0.1, 0.15) is 29.2 Å².